The Morgan fingerprint density at radius 3 is 2.21 bits per heavy atom. The highest BCUT2D eigenvalue weighted by atomic mass is 16.5. The van der Waals surface area contributed by atoms with E-state index in [1.807, 2.05) is 13.0 Å². The van der Waals surface area contributed by atoms with Gasteiger partial charge >= 0.3 is 5.97 Å². The number of ether oxygens (including phenoxy) is 2. The number of nitrogens with one attached hydrogen (secondary N) is 2. The molecule has 8 heteroatoms. The molecule has 2 amide bonds. The van der Waals surface area contributed by atoms with Crippen LogP contribution in [0.25, 0.3) is 0 Å². The highest BCUT2D eigenvalue weighted by Crippen LogP contribution is 2.14. The van der Waals surface area contributed by atoms with Gasteiger partial charge in [0, 0.05) is 5.56 Å². The molecule has 3 aromatic rings. The molecule has 8 nitrogen and oxygen atoms in total. The predicted octanol–water partition coefficient (Wildman–Crippen LogP) is 3.57. The Balaban J connectivity index is 1.41. The molecule has 0 unspecified atom stereocenters. The van der Waals surface area contributed by atoms with Gasteiger partial charge < -0.3 is 14.8 Å². The molecule has 0 aliphatic rings. The van der Waals surface area contributed by atoms with Crippen molar-refractivity contribution in [2.24, 2.45) is 5.10 Å². The Hall–Kier alpha value is -4.46. The van der Waals surface area contributed by atoms with Crippen LogP contribution in [0.1, 0.15) is 39.6 Å². The third-order valence-electron chi connectivity index (χ3n) is 4.50. The molecule has 34 heavy (non-hydrogen) atoms. The summed E-state index contributed by atoms with van der Waals surface area (Å²) >= 11 is 0. The van der Waals surface area contributed by atoms with Crippen molar-refractivity contribution in [3.8, 4) is 11.5 Å². The lowest BCUT2D eigenvalue weighted by Gasteiger charge is -2.07. The molecule has 0 spiro atoms. The summed E-state index contributed by atoms with van der Waals surface area (Å²) in [6.45, 7) is 2.40. The highest BCUT2D eigenvalue weighted by molar-refractivity contribution is 5.96. The van der Waals surface area contributed by atoms with Crippen LogP contribution in [-0.4, -0.2) is 37.1 Å². The summed E-state index contributed by atoms with van der Waals surface area (Å²) in [7, 11) is 0. The normalized spacial score (nSPS) is 10.5. The van der Waals surface area contributed by atoms with E-state index in [0.29, 0.717) is 34.8 Å². The van der Waals surface area contributed by atoms with Gasteiger partial charge in [0.25, 0.3) is 11.8 Å². The number of amides is 2. The Morgan fingerprint density at radius 1 is 0.853 bits per heavy atom. The van der Waals surface area contributed by atoms with E-state index in [-0.39, 0.29) is 12.5 Å². The van der Waals surface area contributed by atoms with Crippen LogP contribution in [0.5, 0.6) is 11.5 Å². The quantitative estimate of drug-likeness (QED) is 0.209. The van der Waals surface area contributed by atoms with E-state index in [4.69, 9.17) is 9.47 Å². The number of hydrogen-bond acceptors (Lipinski definition) is 6. The molecular weight excluding hydrogens is 434 g/mol. The number of carbonyl (C=O) groups is 3. The van der Waals surface area contributed by atoms with Gasteiger partial charge in [-0.1, -0.05) is 25.1 Å². The Labute approximate surface area is 197 Å². The summed E-state index contributed by atoms with van der Waals surface area (Å²) in [5, 5.41) is 6.41. The summed E-state index contributed by atoms with van der Waals surface area (Å²) < 4.78 is 10.8. The molecule has 3 rings (SSSR count). The van der Waals surface area contributed by atoms with Crippen LogP contribution in [0.3, 0.4) is 0 Å². The lowest BCUT2D eigenvalue weighted by Crippen LogP contribution is -2.34. The minimum atomic E-state index is -0.471. The number of hydrazone groups is 1. The predicted molar refractivity (Wildman–Crippen MR) is 128 cm³/mol. The third-order valence-corrected chi connectivity index (χ3v) is 4.50. The van der Waals surface area contributed by atoms with Gasteiger partial charge in [-0.25, -0.2) is 10.2 Å². The molecule has 0 aromatic heterocycles. The SMILES string of the molecule is CCCOc1ccc(C(=O)NCC(=O)N/N=C\c2ccc(OC(=O)c3ccccc3)cc2)cc1. The molecule has 3 aromatic carbocycles. The van der Waals surface area contributed by atoms with Crippen LogP contribution < -0.4 is 20.2 Å². The van der Waals surface area contributed by atoms with Gasteiger partial charge in [0.1, 0.15) is 11.5 Å². The molecule has 0 saturated heterocycles. The molecule has 0 heterocycles. The van der Waals surface area contributed by atoms with Gasteiger partial charge in [0.2, 0.25) is 0 Å². The zero-order valence-corrected chi connectivity index (χ0v) is 18.7. The maximum atomic E-state index is 12.2. The van der Waals surface area contributed by atoms with Crippen molar-refractivity contribution < 1.29 is 23.9 Å². The summed E-state index contributed by atoms with van der Waals surface area (Å²) in [4.78, 5) is 36.2. The maximum absolute atomic E-state index is 12.2. The fraction of sp³-hybridized carbons (Fsp3) is 0.154. The van der Waals surface area contributed by atoms with Crippen molar-refractivity contribution in [3.63, 3.8) is 0 Å². The molecule has 0 fully saturated rings. The first-order chi connectivity index (χ1) is 16.5. The summed E-state index contributed by atoms with van der Waals surface area (Å²) in [5.41, 5.74) is 3.92. The second-order valence-corrected chi connectivity index (χ2v) is 7.17. The van der Waals surface area contributed by atoms with E-state index in [1.165, 1.54) is 6.21 Å². The maximum Gasteiger partial charge on any atom is 0.343 e. The smallest absolute Gasteiger partial charge is 0.343 e. The Bertz CT molecular complexity index is 1130. The fourth-order valence-corrected chi connectivity index (χ4v) is 2.77. The van der Waals surface area contributed by atoms with Crippen LogP contribution in [0.2, 0.25) is 0 Å². The Morgan fingerprint density at radius 2 is 1.53 bits per heavy atom. The van der Waals surface area contributed by atoms with E-state index < -0.39 is 11.9 Å². The van der Waals surface area contributed by atoms with E-state index in [2.05, 4.69) is 15.8 Å². The van der Waals surface area contributed by atoms with Crippen molar-refractivity contribution in [1.29, 1.82) is 0 Å². The van der Waals surface area contributed by atoms with Gasteiger partial charge in [0.15, 0.2) is 0 Å². The van der Waals surface area contributed by atoms with Gasteiger partial charge in [0.05, 0.1) is 24.9 Å². The second kappa shape index (κ2) is 12.5. The topological polar surface area (TPSA) is 106 Å². The third kappa shape index (κ3) is 7.59. The minimum absolute atomic E-state index is 0.224. The molecule has 0 atom stereocenters. The van der Waals surface area contributed by atoms with Crippen molar-refractivity contribution in [1.82, 2.24) is 10.7 Å². The van der Waals surface area contributed by atoms with Crippen LogP contribution in [-0.2, 0) is 4.79 Å². The molecule has 2 N–H and O–H groups in total. The van der Waals surface area contributed by atoms with Crippen molar-refractivity contribution in [3.05, 3.63) is 95.6 Å². The lowest BCUT2D eigenvalue weighted by atomic mass is 10.2. The first kappa shape index (κ1) is 24.2. The number of benzene rings is 3. The van der Waals surface area contributed by atoms with Crippen LogP contribution in [0.4, 0.5) is 0 Å². The van der Waals surface area contributed by atoms with Gasteiger partial charge in [-0.3, -0.25) is 9.59 Å². The number of esters is 1. The van der Waals surface area contributed by atoms with E-state index in [9.17, 15) is 14.4 Å². The Kier molecular flexibility index (Phi) is 8.92. The second-order valence-electron chi connectivity index (χ2n) is 7.17. The summed E-state index contributed by atoms with van der Waals surface area (Å²) in [5.74, 6) is -0.213. The minimum Gasteiger partial charge on any atom is -0.494 e. The zero-order chi connectivity index (χ0) is 24.2. The largest absolute Gasteiger partial charge is 0.494 e. The number of hydrogen-bond donors (Lipinski definition) is 2. The van der Waals surface area contributed by atoms with Crippen LogP contribution >= 0.6 is 0 Å². The first-order valence-electron chi connectivity index (χ1n) is 10.8. The van der Waals surface area contributed by atoms with Gasteiger partial charge in [-0.05, 0) is 72.6 Å². The average molecular weight is 460 g/mol. The van der Waals surface area contributed by atoms with Crippen molar-refractivity contribution >= 4 is 24.0 Å². The molecule has 0 saturated carbocycles. The average Bonchev–Trinajstić information content (AvgIpc) is 2.88. The number of rotatable bonds is 10. The van der Waals surface area contributed by atoms with E-state index >= 15 is 0 Å². The molecule has 0 bridgehead atoms. The zero-order valence-electron chi connectivity index (χ0n) is 18.7. The van der Waals surface area contributed by atoms with Crippen molar-refractivity contribution in [2.75, 3.05) is 13.2 Å². The molecule has 0 aliphatic heterocycles. The van der Waals surface area contributed by atoms with E-state index in [1.54, 1.807) is 72.8 Å². The molecular formula is C26H25N3O5. The summed E-state index contributed by atoms with van der Waals surface area (Å²) in [6.07, 6.45) is 2.34. The van der Waals surface area contributed by atoms with Crippen LogP contribution in [0.15, 0.2) is 84.0 Å². The highest BCUT2D eigenvalue weighted by Gasteiger charge is 2.09. The van der Waals surface area contributed by atoms with Crippen molar-refractivity contribution in [2.45, 2.75) is 13.3 Å². The molecule has 0 radical (unpaired) electrons. The monoisotopic (exact) mass is 459 g/mol. The first-order valence-corrected chi connectivity index (χ1v) is 10.8. The van der Waals surface area contributed by atoms with Gasteiger partial charge in [-0.15, -0.1) is 0 Å². The number of nitrogens with zero attached hydrogens (tertiary/aromatic N) is 1. The number of carbonyl (C=O) groups excluding carboxylic acids is 3. The standard InChI is InChI=1S/C26H25N3O5/c1-2-16-33-22-14-10-20(11-15-22)25(31)27-18-24(30)29-28-17-19-8-12-23(13-9-19)34-26(32)21-6-4-3-5-7-21/h3-15,17H,2,16,18H2,1H3,(H,27,31)(H,29,30)/b28-17-. The van der Waals surface area contributed by atoms with Gasteiger partial charge in [-0.2, -0.15) is 5.10 Å². The summed E-state index contributed by atoms with van der Waals surface area (Å²) in [6, 6.07) is 22.0. The van der Waals surface area contributed by atoms with E-state index in [0.717, 1.165) is 6.42 Å². The van der Waals surface area contributed by atoms with Crippen LogP contribution in [0, 0.1) is 0 Å². The lowest BCUT2D eigenvalue weighted by molar-refractivity contribution is -0.120. The molecule has 174 valence electrons. The molecule has 0 aliphatic carbocycles. The fourth-order valence-electron chi connectivity index (χ4n) is 2.77.